The SMILES string of the molecule is CN(CI)C(=O)Nc1ccccc1. The number of para-hydroxylation sites is 1. The normalized spacial score (nSPS) is 9.38. The molecule has 0 atom stereocenters. The van der Waals surface area contributed by atoms with Crippen LogP contribution in [0.1, 0.15) is 0 Å². The maximum atomic E-state index is 11.4. The summed E-state index contributed by atoms with van der Waals surface area (Å²) in [5, 5.41) is 2.77. The molecule has 0 heterocycles. The van der Waals surface area contributed by atoms with Gasteiger partial charge in [-0.25, -0.2) is 4.79 Å². The molecule has 3 nitrogen and oxygen atoms in total. The first-order valence-corrected chi connectivity index (χ1v) is 5.39. The van der Waals surface area contributed by atoms with E-state index in [-0.39, 0.29) is 6.03 Å². The smallest absolute Gasteiger partial charge is 0.318 e. The van der Waals surface area contributed by atoms with Gasteiger partial charge in [0.2, 0.25) is 0 Å². The summed E-state index contributed by atoms with van der Waals surface area (Å²) in [7, 11) is 1.75. The largest absolute Gasteiger partial charge is 0.322 e. The molecule has 0 radical (unpaired) electrons. The molecular weight excluding hydrogens is 279 g/mol. The van der Waals surface area contributed by atoms with Crippen LogP contribution in [0.4, 0.5) is 10.5 Å². The maximum Gasteiger partial charge on any atom is 0.322 e. The van der Waals surface area contributed by atoms with Crippen molar-refractivity contribution >= 4 is 34.3 Å². The molecular formula is C9H11IN2O. The lowest BCUT2D eigenvalue weighted by Crippen LogP contribution is -2.29. The van der Waals surface area contributed by atoms with Crippen LogP contribution in [0.2, 0.25) is 0 Å². The number of amides is 2. The molecule has 1 rings (SSSR count). The first-order chi connectivity index (χ1) is 6.24. The quantitative estimate of drug-likeness (QED) is 0.507. The Labute approximate surface area is 91.3 Å². The highest BCUT2D eigenvalue weighted by Crippen LogP contribution is 2.06. The van der Waals surface area contributed by atoms with E-state index in [1.54, 1.807) is 11.9 Å². The van der Waals surface area contributed by atoms with Gasteiger partial charge in [0, 0.05) is 12.7 Å². The fourth-order valence-electron chi connectivity index (χ4n) is 0.795. The van der Waals surface area contributed by atoms with E-state index in [0.29, 0.717) is 4.55 Å². The van der Waals surface area contributed by atoms with Crippen LogP contribution in [0.5, 0.6) is 0 Å². The molecule has 0 saturated carbocycles. The van der Waals surface area contributed by atoms with E-state index < -0.39 is 0 Å². The number of carbonyl (C=O) groups excluding carboxylic acids is 1. The molecule has 13 heavy (non-hydrogen) atoms. The molecule has 1 aromatic carbocycles. The van der Waals surface area contributed by atoms with E-state index in [1.807, 2.05) is 30.3 Å². The van der Waals surface area contributed by atoms with Crippen molar-refractivity contribution in [3.63, 3.8) is 0 Å². The van der Waals surface area contributed by atoms with Crippen molar-refractivity contribution in [1.29, 1.82) is 0 Å². The highest BCUT2D eigenvalue weighted by molar-refractivity contribution is 14.1. The van der Waals surface area contributed by atoms with Crippen LogP contribution in [-0.4, -0.2) is 22.5 Å². The third kappa shape index (κ3) is 3.22. The molecule has 0 aromatic heterocycles. The molecule has 2 amide bonds. The van der Waals surface area contributed by atoms with Crippen molar-refractivity contribution in [2.45, 2.75) is 0 Å². The molecule has 0 unspecified atom stereocenters. The summed E-state index contributed by atoms with van der Waals surface area (Å²) in [6.07, 6.45) is 0. The van der Waals surface area contributed by atoms with E-state index in [0.717, 1.165) is 5.69 Å². The molecule has 1 N–H and O–H groups in total. The average molecular weight is 290 g/mol. The molecule has 1 aromatic rings. The third-order valence-corrected chi connectivity index (χ3v) is 2.57. The summed E-state index contributed by atoms with van der Waals surface area (Å²) < 4.78 is 0.677. The zero-order valence-electron chi connectivity index (χ0n) is 7.33. The molecule has 0 bridgehead atoms. The zero-order valence-corrected chi connectivity index (χ0v) is 9.48. The number of hydrogen-bond acceptors (Lipinski definition) is 1. The van der Waals surface area contributed by atoms with Gasteiger partial charge in [-0.3, -0.25) is 0 Å². The van der Waals surface area contributed by atoms with Gasteiger partial charge in [-0.05, 0) is 12.1 Å². The Morgan fingerprint density at radius 3 is 2.62 bits per heavy atom. The van der Waals surface area contributed by atoms with Crippen LogP contribution >= 0.6 is 22.6 Å². The Kier molecular flexibility index (Phi) is 4.01. The highest BCUT2D eigenvalue weighted by atomic mass is 127. The van der Waals surface area contributed by atoms with Crippen LogP contribution in [0, 0.1) is 0 Å². The molecule has 70 valence electrons. The first-order valence-electron chi connectivity index (χ1n) is 3.87. The number of urea groups is 1. The number of nitrogens with one attached hydrogen (secondary N) is 1. The van der Waals surface area contributed by atoms with E-state index in [2.05, 4.69) is 27.9 Å². The fraction of sp³-hybridized carbons (Fsp3) is 0.222. The van der Waals surface area contributed by atoms with Crippen molar-refractivity contribution in [1.82, 2.24) is 4.90 Å². The minimum absolute atomic E-state index is 0.0828. The van der Waals surface area contributed by atoms with Gasteiger partial charge in [0.15, 0.2) is 0 Å². The topological polar surface area (TPSA) is 32.3 Å². The predicted octanol–water partition coefficient (Wildman–Crippen LogP) is 2.54. The zero-order chi connectivity index (χ0) is 9.68. The molecule has 0 aliphatic rings. The van der Waals surface area contributed by atoms with Gasteiger partial charge < -0.3 is 10.2 Å². The predicted molar refractivity (Wildman–Crippen MR) is 62.1 cm³/mol. The number of anilines is 1. The Bertz CT molecular complexity index is 276. The van der Waals surface area contributed by atoms with E-state index in [9.17, 15) is 4.79 Å². The van der Waals surface area contributed by atoms with Crippen molar-refractivity contribution in [3.05, 3.63) is 30.3 Å². The lowest BCUT2D eigenvalue weighted by Gasteiger charge is -2.14. The van der Waals surface area contributed by atoms with Gasteiger partial charge in [-0.1, -0.05) is 40.8 Å². The highest BCUT2D eigenvalue weighted by Gasteiger charge is 2.05. The standard InChI is InChI=1S/C9H11IN2O/c1-12(7-10)9(13)11-8-5-3-2-4-6-8/h2-6H,7H2,1H3,(H,11,13). The second-order valence-electron chi connectivity index (χ2n) is 2.61. The van der Waals surface area contributed by atoms with Crippen LogP contribution in [0.3, 0.4) is 0 Å². The minimum Gasteiger partial charge on any atom is -0.318 e. The number of nitrogens with zero attached hydrogens (tertiary/aromatic N) is 1. The van der Waals surface area contributed by atoms with Gasteiger partial charge in [0.1, 0.15) is 0 Å². The number of halogens is 1. The summed E-state index contributed by atoms with van der Waals surface area (Å²) in [4.78, 5) is 13.0. The monoisotopic (exact) mass is 290 g/mol. The lowest BCUT2D eigenvalue weighted by atomic mass is 10.3. The summed E-state index contributed by atoms with van der Waals surface area (Å²) >= 11 is 2.14. The van der Waals surface area contributed by atoms with Gasteiger partial charge in [-0.15, -0.1) is 0 Å². The number of hydrogen-bond donors (Lipinski definition) is 1. The molecule has 0 aliphatic heterocycles. The summed E-state index contributed by atoms with van der Waals surface area (Å²) in [5.41, 5.74) is 0.823. The number of rotatable bonds is 2. The van der Waals surface area contributed by atoms with Crippen LogP contribution in [0.25, 0.3) is 0 Å². The number of alkyl halides is 1. The Morgan fingerprint density at radius 1 is 1.46 bits per heavy atom. The Balaban J connectivity index is 2.55. The molecule has 0 aliphatic carbocycles. The first kappa shape index (κ1) is 10.3. The van der Waals surface area contributed by atoms with E-state index in [4.69, 9.17) is 0 Å². The van der Waals surface area contributed by atoms with Gasteiger partial charge in [0.25, 0.3) is 0 Å². The molecule has 0 spiro atoms. The minimum atomic E-state index is -0.0828. The fourth-order valence-corrected chi connectivity index (χ4v) is 1.10. The van der Waals surface area contributed by atoms with Crippen molar-refractivity contribution in [2.24, 2.45) is 0 Å². The van der Waals surface area contributed by atoms with E-state index in [1.165, 1.54) is 0 Å². The molecule has 4 heteroatoms. The summed E-state index contributed by atoms with van der Waals surface area (Å²) in [5.74, 6) is 0. The third-order valence-electron chi connectivity index (χ3n) is 1.55. The maximum absolute atomic E-state index is 11.4. The van der Waals surface area contributed by atoms with Gasteiger partial charge in [-0.2, -0.15) is 0 Å². The Morgan fingerprint density at radius 2 is 2.08 bits per heavy atom. The Hall–Kier alpha value is -0.780. The van der Waals surface area contributed by atoms with Crippen molar-refractivity contribution < 1.29 is 4.79 Å². The lowest BCUT2D eigenvalue weighted by molar-refractivity contribution is 0.230. The summed E-state index contributed by atoms with van der Waals surface area (Å²) in [6, 6.07) is 9.33. The van der Waals surface area contributed by atoms with E-state index >= 15 is 0 Å². The van der Waals surface area contributed by atoms with Crippen molar-refractivity contribution in [3.8, 4) is 0 Å². The van der Waals surface area contributed by atoms with Crippen LogP contribution in [0.15, 0.2) is 30.3 Å². The second-order valence-corrected chi connectivity index (χ2v) is 3.30. The number of carbonyl (C=O) groups is 1. The average Bonchev–Trinajstić information content (AvgIpc) is 2.18. The van der Waals surface area contributed by atoms with Gasteiger partial charge >= 0.3 is 6.03 Å². The van der Waals surface area contributed by atoms with Gasteiger partial charge in [0.05, 0.1) is 4.55 Å². The van der Waals surface area contributed by atoms with Crippen LogP contribution in [-0.2, 0) is 0 Å². The molecule has 0 saturated heterocycles. The molecule has 0 fully saturated rings. The number of benzene rings is 1. The van der Waals surface area contributed by atoms with Crippen LogP contribution < -0.4 is 5.32 Å². The summed E-state index contributed by atoms with van der Waals surface area (Å²) in [6.45, 7) is 0. The second kappa shape index (κ2) is 5.06. The van der Waals surface area contributed by atoms with Crippen molar-refractivity contribution in [2.75, 3.05) is 16.9 Å².